The lowest BCUT2D eigenvalue weighted by atomic mass is 10.1. The van der Waals surface area contributed by atoms with Crippen LogP contribution in [0.15, 0.2) is 29.3 Å². The third kappa shape index (κ3) is 3.22. The zero-order chi connectivity index (χ0) is 19.1. The highest BCUT2D eigenvalue weighted by molar-refractivity contribution is 7.89. The molecule has 0 saturated carbocycles. The molecule has 1 aliphatic rings. The molecule has 2 atom stereocenters. The van der Waals surface area contributed by atoms with Crippen LogP contribution in [0.2, 0.25) is 5.02 Å². The summed E-state index contributed by atoms with van der Waals surface area (Å²) < 4.78 is 27.7. The monoisotopic (exact) mass is 397 g/mol. The standard InChI is InChI=1S/C16H20ClN5O3S/c1-10-9-22(26(24,25)15-6-4-5-13(17)12(15)3)11(2)8-21(10)16(23)14-7-18-20-19-14/h4-7,10-11H,8-9H2,1-3H3,(H,18,19,20)/t10-,11+/m0/s1. The molecule has 8 nitrogen and oxygen atoms in total. The van der Waals surface area contributed by atoms with E-state index in [1.165, 1.54) is 10.5 Å². The number of hydrogen-bond acceptors (Lipinski definition) is 5. The second-order valence-corrected chi connectivity index (χ2v) is 8.71. The Balaban J connectivity index is 1.87. The van der Waals surface area contributed by atoms with E-state index in [1.807, 2.05) is 6.92 Å². The van der Waals surface area contributed by atoms with Gasteiger partial charge in [-0.3, -0.25) is 4.79 Å². The van der Waals surface area contributed by atoms with Crippen LogP contribution >= 0.6 is 11.6 Å². The van der Waals surface area contributed by atoms with E-state index in [0.717, 1.165) is 0 Å². The van der Waals surface area contributed by atoms with E-state index in [4.69, 9.17) is 11.6 Å². The minimum atomic E-state index is -3.72. The number of carbonyl (C=O) groups excluding carboxylic acids is 1. The largest absolute Gasteiger partial charge is 0.332 e. The van der Waals surface area contributed by atoms with Crippen molar-refractivity contribution >= 4 is 27.5 Å². The maximum atomic E-state index is 13.2. The highest BCUT2D eigenvalue weighted by atomic mass is 35.5. The van der Waals surface area contributed by atoms with E-state index in [1.54, 1.807) is 36.9 Å². The smallest absolute Gasteiger partial charge is 0.276 e. The molecular weight excluding hydrogens is 378 g/mol. The minimum Gasteiger partial charge on any atom is -0.332 e. The fourth-order valence-corrected chi connectivity index (χ4v) is 5.34. The number of aromatic amines is 1. The Morgan fingerprint density at radius 2 is 2.00 bits per heavy atom. The number of nitrogens with one attached hydrogen (secondary N) is 1. The average Bonchev–Trinajstić information content (AvgIpc) is 3.12. The maximum Gasteiger partial charge on any atom is 0.276 e. The molecule has 140 valence electrons. The molecule has 10 heteroatoms. The Bertz CT molecular complexity index is 916. The van der Waals surface area contributed by atoms with Crippen LogP contribution in [0.25, 0.3) is 0 Å². The van der Waals surface area contributed by atoms with Gasteiger partial charge in [0.2, 0.25) is 10.0 Å². The van der Waals surface area contributed by atoms with E-state index in [9.17, 15) is 13.2 Å². The summed E-state index contributed by atoms with van der Waals surface area (Å²) >= 11 is 6.09. The summed E-state index contributed by atoms with van der Waals surface area (Å²) in [7, 11) is -3.72. The van der Waals surface area contributed by atoms with Crippen molar-refractivity contribution in [2.75, 3.05) is 13.1 Å². The summed E-state index contributed by atoms with van der Waals surface area (Å²) in [4.78, 5) is 14.4. The molecule has 0 unspecified atom stereocenters. The van der Waals surface area contributed by atoms with Crippen LogP contribution in [0.5, 0.6) is 0 Å². The molecule has 1 fully saturated rings. The van der Waals surface area contributed by atoms with E-state index in [0.29, 0.717) is 10.6 Å². The molecule has 0 radical (unpaired) electrons. The van der Waals surface area contributed by atoms with E-state index >= 15 is 0 Å². The van der Waals surface area contributed by atoms with Gasteiger partial charge in [-0.1, -0.05) is 17.7 Å². The first kappa shape index (κ1) is 18.8. The second kappa shape index (κ2) is 6.98. The van der Waals surface area contributed by atoms with Gasteiger partial charge in [-0.15, -0.1) is 0 Å². The highest BCUT2D eigenvalue weighted by Crippen LogP contribution is 2.29. The van der Waals surface area contributed by atoms with Crippen molar-refractivity contribution in [3.05, 3.63) is 40.7 Å². The average molecular weight is 398 g/mol. The van der Waals surface area contributed by atoms with Crippen LogP contribution in [0.1, 0.15) is 29.9 Å². The predicted octanol–water partition coefficient (Wildman–Crippen LogP) is 1.69. The lowest BCUT2D eigenvalue weighted by Gasteiger charge is -2.43. The van der Waals surface area contributed by atoms with Gasteiger partial charge in [0.15, 0.2) is 5.69 Å². The normalized spacial score (nSPS) is 21.8. The summed E-state index contributed by atoms with van der Waals surface area (Å²) in [6, 6.07) is 4.16. The van der Waals surface area contributed by atoms with Crippen molar-refractivity contribution < 1.29 is 13.2 Å². The fraction of sp³-hybridized carbons (Fsp3) is 0.438. The minimum absolute atomic E-state index is 0.193. The first-order valence-corrected chi connectivity index (χ1v) is 9.99. The first-order chi connectivity index (χ1) is 12.2. The van der Waals surface area contributed by atoms with Gasteiger partial charge in [0, 0.05) is 30.2 Å². The molecule has 0 aliphatic carbocycles. The topological polar surface area (TPSA) is 99.3 Å². The van der Waals surface area contributed by atoms with Gasteiger partial charge in [0.25, 0.3) is 5.91 Å². The van der Waals surface area contributed by atoms with Crippen molar-refractivity contribution in [2.45, 2.75) is 37.8 Å². The lowest BCUT2D eigenvalue weighted by molar-refractivity contribution is 0.0501. The van der Waals surface area contributed by atoms with E-state index < -0.39 is 10.0 Å². The number of aromatic nitrogens is 3. The summed E-state index contributed by atoms with van der Waals surface area (Å²) in [5.41, 5.74) is 0.737. The molecule has 0 bridgehead atoms. The van der Waals surface area contributed by atoms with Gasteiger partial charge in [0.1, 0.15) is 0 Å². The van der Waals surface area contributed by atoms with Gasteiger partial charge < -0.3 is 4.90 Å². The third-order valence-corrected chi connectivity index (χ3v) is 7.16. The molecule has 1 amide bonds. The molecule has 0 spiro atoms. The van der Waals surface area contributed by atoms with Crippen LogP contribution in [-0.2, 0) is 10.0 Å². The fourth-order valence-electron chi connectivity index (χ4n) is 3.16. The van der Waals surface area contributed by atoms with Gasteiger partial charge >= 0.3 is 0 Å². The van der Waals surface area contributed by atoms with Crippen LogP contribution < -0.4 is 0 Å². The number of benzene rings is 1. The number of carbonyl (C=O) groups is 1. The number of nitrogens with zero attached hydrogens (tertiary/aromatic N) is 4. The van der Waals surface area contributed by atoms with Gasteiger partial charge in [-0.25, -0.2) is 8.42 Å². The molecule has 1 aromatic carbocycles. The zero-order valence-electron chi connectivity index (χ0n) is 14.7. The Kier molecular flexibility index (Phi) is 5.05. The van der Waals surface area contributed by atoms with Crippen molar-refractivity contribution in [1.29, 1.82) is 0 Å². The lowest BCUT2D eigenvalue weighted by Crippen LogP contribution is -2.59. The molecule has 3 rings (SSSR count). The summed E-state index contributed by atoms with van der Waals surface area (Å²) in [6.07, 6.45) is 1.36. The van der Waals surface area contributed by atoms with Crippen LogP contribution in [0.3, 0.4) is 0 Å². The summed E-state index contributed by atoms with van der Waals surface area (Å²) in [6.45, 7) is 5.75. The molecule has 26 heavy (non-hydrogen) atoms. The third-order valence-electron chi connectivity index (χ3n) is 4.63. The molecule has 1 N–H and O–H groups in total. The maximum absolute atomic E-state index is 13.2. The Labute approximate surface area is 157 Å². The highest BCUT2D eigenvalue weighted by Gasteiger charge is 2.40. The number of sulfonamides is 1. The number of hydrogen-bond donors (Lipinski definition) is 1. The number of amides is 1. The molecule has 1 aliphatic heterocycles. The molecule has 2 heterocycles. The van der Waals surface area contributed by atoms with Crippen molar-refractivity contribution in [2.24, 2.45) is 0 Å². The van der Waals surface area contributed by atoms with Crippen LogP contribution in [0, 0.1) is 6.92 Å². The Morgan fingerprint density at radius 1 is 1.27 bits per heavy atom. The number of halogens is 1. The van der Waals surface area contributed by atoms with Crippen LogP contribution in [-0.4, -0.2) is 64.1 Å². The predicted molar refractivity (Wildman–Crippen MR) is 96.4 cm³/mol. The summed E-state index contributed by atoms with van der Waals surface area (Å²) in [5.74, 6) is -0.269. The zero-order valence-corrected chi connectivity index (χ0v) is 16.3. The number of rotatable bonds is 3. The van der Waals surface area contributed by atoms with E-state index in [2.05, 4.69) is 15.4 Å². The second-order valence-electron chi connectivity index (χ2n) is 6.45. The van der Waals surface area contributed by atoms with E-state index in [-0.39, 0.29) is 41.7 Å². The van der Waals surface area contributed by atoms with Crippen molar-refractivity contribution in [3.63, 3.8) is 0 Å². The quantitative estimate of drug-likeness (QED) is 0.849. The van der Waals surface area contributed by atoms with Crippen molar-refractivity contribution in [1.82, 2.24) is 24.6 Å². The summed E-state index contributed by atoms with van der Waals surface area (Å²) in [5, 5.41) is 10.3. The van der Waals surface area contributed by atoms with Gasteiger partial charge in [-0.2, -0.15) is 19.7 Å². The number of piperazine rings is 1. The SMILES string of the molecule is Cc1c(Cl)cccc1S(=O)(=O)N1C[C@H](C)N(C(=O)c2cn[nH]n2)C[C@H]1C. The van der Waals surface area contributed by atoms with Crippen LogP contribution in [0.4, 0.5) is 0 Å². The van der Waals surface area contributed by atoms with Gasteiger partial charge in [0.05, 0.1) is 11.1 Å². The Hall–Kier alpha value is -1.97. The molecule has 1 aromatic heterocycles. The van der Waals surface area contributed by atoms with Crippen molar-refractivity contribution in [3.8, 4) is 0 Å². The van der Waals surface area contributed by atoms with Gasteiger partial charge in [-0.05, 0) is 38.5 Å². The Morgan fingerprint density at radius 3 is 2.65 bits per heavy atom. The molecule has 1 saturated heterocycles. The molecule has 2 aromatic rings. The first-order valence-electron chi connectivity index (χ1n) is 8.17. The molecular formula is C16H20ClN5O3S. The number of H-pyrrole nitrogens is 1.